The number of aldehydes is 1. The van der Waals surface area contributed by atoms with Crippen molar-refractivity contribution in [2.24, 2.45) is 5.73 Å². The first-order valence-electron chi connectivity index (χ1n) is 12.0. The second-order valence-electron chi connectivity index (χ2n) is 8.76. The van der Waals surface area contributed by atoms with Crippen LogP contribution in [0, 0.1) is 0 Å². The molecule has 0 fully saturated rings. The van der Waals surface area contributed by atoms with Gasteiger partial charge < -0.3 is 20.6 Å². The molecule has 1 aliphatic heterocycles. The number of pyridine rings is 1. The minimum absolute atomic E-state index is 0.618. The van der Waals surface area contributed by atoms with Crippen LogP contribution in [-0.2, 0) is 17.6 Å². The maximum atomic E-state index is 11.4. The van der Waals surface area contributed by atoms with Crippen LogP contribution in [0.3, 0.4) is 0 Å². The Kier molecular flexibility index (Phi) is 9.50. The van der Waals surface area contributed by atoms with Gasteiger partial charge in [-0.05, 0) is 75.3 Å². The quantitative estimate of drug-likeness (QED) is 0.345. The van der Waals surface area contributed by atoms with Crippen LogP contribution in [0.1, 0.15) is 50.3 Å². The van der Waals surface area contributed by atoms with E-state index in [4.69, 9.17) is 15.5 Å². The van der Waals surface area contributed by atoms with E-state index in [0.29, 0.717) is 19.4 Å². The van der Waals surface area contributed by atoms with Gasteiger partial charge >= 0.3 is 0 Å². The summed E-state index contributed by atoms with van der Waals surface area (Å²) < 4.78 is 5.89. The second kappa shape index (κ2) is 12.6. The van der Waals surface area contributed by atoms with Gasteiger partial charge in [0.15, 0.2) is 0 Å². The van der Waals surface area contributed by atoms with Crippen molar-refractivity contribution in [2.75, 3.05) is 38.1 Å². The van der Waals surface area contributed by atoms with Crippen molar-refractivity contribution in [3.05, 3.63) is 53.7 Å². The van der Waals surface area contributed by atoms with Crippen molar-refractivity contribution < 1.29 is 9.53 Å². The molecule has 1 aromatic heterocycles. The van der Waals surface area contributed by atoms with Crippen LogP contribution in [-0.4, -0.2) is 54.5 Å². The molecule has 1 aliphatic rings. The van der Waals surface area contributed by atoms with Crippen molar-refractivity contribution in [3.63, 3.8) is 0 Å². The molecule has 6 heteroatoms. The third-order valence-corrected chi connectivity index (χ3v) is 6.31. The number of carbonyl (C=O) groups excluding carboxylic acids is 1. The number of para-hydroxylation sites is 1. The average Bonchev–Trinajstić information content (AvgIpc) is 2.85. The van der Waals surface area contributed by atoms with E-state index in [0.717, 1.165) is 75.4 Å². The fraction of sp³-hybridized carbons (Fsp3) is 0.538. The van der Waals surface area contributed by atoms with Crippen molar-refractivity contribution in [2.45, 2.75) is 57.4 Å². The molecule has 3 rings (SSSR count). The van der Waals surface area contributed by atoms with Gasteiger partial charge in [-0.15, -0.1) is 0 Å². The molecule has 174 valence electrons. The first-order valence-corrected chi connectivity index (χ1v) is 12.0. The summed E-state index contributed by atoms with van der Waals surface area (Å²) in [6, 6.07) is 14.3. The molecule has 0 spiro atoms. The van der Waals surface area contributed by atoms with Crippen LogP contribution < -0.4 is 15.8 Å². The topological polar surface area (TPSA) is 80.5 Å². The molecule has 6 nitrogen and oxygen atoms in total. The summed E-state index contributed by atoms with van der Waals surface area (Å²) in [7, 11) is 0. The molecular formula is C26H38N4O2. The third-order valence-electron chi connectivity index (χ3n) is 6.31. The lowest BCUT2D eigenvalue weighted by molar-refractivity contribution is -0.112. The van der Waals surface area contributed by atoms with Crippen molar-refractivity contribution in [1.82, 2.24) is 9.88 Å². The number of rotatable bonds is 14. The molecule has 0 bridgehead atoms. The Hall–Kier alpha value is -2.44. The van der Waals surface area contributed by atoms with Gasteiger partial charge in [-0.1, -0.05) is 31.2 Å². The summed E-state index contributed by atoms with van der Waals surface area (Å²) in [6.07, 6.45) is 7.66. The highest BCUT2D eigenvalue weighted by Crippen LogP contribution is 2.20. The highest BCUT2D eigenvalue weighted by Gasteiger charge is 2.22. The summed E-state index contributed by atoms with van der Waals surface area (Å²) in [5.74, 6) is 1.95. The molecular weight excluding hydrogens is 400 g/mol. The van der Waals surface area contributed by atoms with Crippen molar-refractivity contribution >= 4 is 12.1 Å². The molecule has 3 N–H and O–H groups in total. The lowest BCUT2D eigenvalue weighted by Crippen LogP contribution is -2.44. The fourth-order valence-electron chi connectivity index (χ4n) is 3.98. The van der Waals surface area contributed by atoms with Gasteiger partial charge in [0, 0.05) is 25.3 Å². The van der Waals surface area contributed by atoms with Crippen LogP contribution in [0.5, 0.6) is 5.75 Å². The summed E-state index contributed by atoms with van der Waals surface area (Å²) in [5.41, 5.74) is 7.97. The van der Waals surface area contributed by atoms with Crippen molar-refractivity contribution in [1.29, 1.82) is 0 Å². The maximum absolute atomic E-state index is 11.4. The molecule has 0 amide bonds. The molecule has 0 aliphatic carbocycles. The lowest BCUT2D eigenvalue weighted by Gasteiger charge is -2.27. The van der Waals surface area contributed by atoms with Crippen LogP contribution in [0.4, 0.5) is 5.82 Å². The predicted molar refractivity (Wildman–Crippen MR) is 130 cm³/mol. The Balaban J connectivity index is 1.46. The van der Waals surface area contributed by atoms with E-state index >= 15 is 0 Å². The number of nitrogens with one attached hydrogen (secondary N) is 1. The Morgan fingerprint density at radius 1 is 1.16 bits per heavy atom. The summed E-state index contributed by atoms with van der Waals surface area (Å²) >= 11 is 0. The molecule has 0 saturated heterocycles. The molecule has 1 aromatic carbocycles. The zero-order valence-electron chi connectivity index (χ0n) is 19.4. The van der Waals surface area contributed by atoms with E-state index in [-0.39, 0.29) is 0 Å². The standard InChI is InChI=1S/C26H38N4O2/c1-2-26(27,21-31)15-18-30(19-20-32-24-11-4-3-5-12-24)17-7-6-10-23-14-13-22-9-8-16-28-25(22)29-23/h3-5,11-14,21H,2,6-10,15-20,27H2,1H3,(H,28,29). The highest BCUT2D eigenvalue weighted by molar-refractivity contribution is 5.63. The first kappa shape index (κ1) is 24.2. The number of nitrogens with two attached hydrogens (primary N) is 1. The van der Waals surface area contributed by atoms with Gasteiger partial charge in [-0.25, -0.2) is 4.98 Å². The molecule has 2 aromatic rings. The predicted octanol–water partition coefficient (Wildman–Crippen LogP) is 3.84. The number of hydrogen-bond acceptors (Lipinski definition) is 6. The SMILES string of the molecule is CCC(N)(C=O)CCN(CCCCc1ccc2c(n1)NCCC2)CCOc1ccccc1. The number of anilines is 1. The molecule has 1 atom stereocenters. The Bertz CT molecular complexity index is 830. The molecule has 0 saturated carbocycles. The zero-order valence-corrected chi connectivity index (χ0v) is 19.4. The molecule has 0 radical (unpaired) electrons. The number of unbranched alkanes of at least 4 members (excludes halogenated alkanes) is 1. The zero-order chi connectivity index (χ0) is 22.7. The first-order chi connectivity index (χ1) is 15.6. The van der Waals surface area contributed by atoms with E-state index in [1.807, 2.05) is 37.3 Å². The average molecular weight is 439 g/mol. The highest BCUT2D eigenvalue weighted by atomic mass is 16.5. The van der Waals surface area contributed by atoms with Crippen LogP contribution in [0.2, 0.25) is 0 Å². The third kappa shape index (κ3) is 7.61. The number of ether oxygens (including phenoxy) is 1. The number of fused-ring (bicyclic) bond motifs is 1. The maximum Gasteiger partial charge on any atom is 0.139 e. The van der Waals surface area contributed by atoms with Crippen LogP contribution >= 0.6 is 0 Å². The monoisotopic (exact) mass is 438 g/mol. The smallest absolute Gasteiger partial charge is 0.139 e. The Labute approximate surface area is 192 Å². The van der Waals surface area contributed by atoms with E-state index in [1.54, 1.807) is 0 Å². The van der Waals surface area contributed by atoms with E-state index < -0.39 is 5.54 Å². The van der Waals surface area contributed by atoms with Gasteiger partial charge in [0.05, 0.1) is 5.54 Å². The normalized spacial score (nSPS) is 15.0. The number of aromatic nitrogens is 1. The van der Waals surface area contributed by atoms with Crippen molar-refractivity contribution in [3.8, 4) is 5.75 Å². The molecule has 1 unspecified atom stereocenters. The molecule has 32 heavy (non-hydrogen) atoms. The second-order valence-corrected chi connectivity index (χ2v) is 8.76. The number of carbonyl (C=O) groups is 1. The largest absolute Gasteiger partial charge is 0.492 e. The minimum Gasteiger partial charge on any atom is -0.492 e. The lowest BCUT2D eigenvalue weighted by atomic mass is 9.95. The van der Waals surface area contributed by atoms with Gasteiger partial charge in [0.1, 0.15) is 24.5 Å². The summed E-state index contributed by atoms with van der Waals surface area (Å²) in [6.45, 7) is 6.17. The fourth-order valence-corrected chi connectivity index (χ4v) is 3.98. The van der Waals surface area contributed by atoms with Gasteiger partial charge in [0.25, 0.3) is 0 Å². The van der Waals surface area contributed by atoms with Crippen LogP contribution in [0.15, 0.2) is 42.5 Å². The van der Waals surface area contributed by atoms with E-state index in [9.17, 15) is 4.79 Å². The van der Waals surface area contributed by atoms with Crippen LogP contribution in [0.25, 0.3) is 0 Å². The summed E-state index contributed by atoms with van der Waals surface area (Å²) in [5, 5.41) is 3.42. The van der Waals surface area contributed by atoms with Gasteiger partial charge in [0.2, 0.25) is 0 Å². The Morgan fingerprint density at radius 2 is 2.00 bits per heavy atom. The summed E-state index contributed by atoms with van der Waals surface area (Å²) in [4.78, 5) is 18.6. The number of benzene rings is 1. The molecule has 2 heterocycles. The number of nitrogens with zero attached hydrogens (tertiary/aromatic N) is 2. The van der Waals surface area contributed by atoms with E-state index in [1.165, 1.54) is 12.0 Å². The van der Waals surface area contributed by atoms with Gasteiger partial charge in [-0.2, -0.15) is 0 Å². The minimum atomic E-state index is -0.738. The Morgan fingerprint density at radius 3 is 2.78 bits per heavy atom. The van der Waals surface area contributed by atoms with E-state index in [2.05, 4.69) is 22.3 Å². The number of aryl methyl sites for hydroxylation is 2. The number of hydrogen-bond donors (Lipinski definition) is 2. The van der Waals surface area contributed by atoms with Gasteiger partial charge in [-0.3, -0.25) is 4.90 Å².